The maximum atomic E-state index is 12.4. The van der Waals surface area contributed by atoms with E-state index in [-0.39, 0.29) is 22.3 Å². The van der Waals surface area contributed by atoms with Crippen molar-refractivity contribution in [3.8, 4) is 34.3 Å². The molecule has 1 saturated heterocycles. The predicted molar refractivity (Wildman–Crippen MR) is 129 cm³/mol. The summed E-state index contributed by atoms with van der Waals surface area (Å²) < 4.78 is 30.6. The summed E-state index contributed by atoms with van der Waals surface area (Å²) >= 11 is 0. The summed E-state index contributed by atoms with van der Waals surface area (Å²) in [7, 11) is -3.36. The third kappa shape index (κ3) is 4.06. The van der Waals surface area contributed by atoms with Gasteiger partial charge in [0.25, 0.3) is 5.89 Å². The highest BCUT2D eigenvalue weighted by molar-refractivity contribution is 7.92. The van der Waals surface area contributed by atoms with E-state index < -0.39 is 15.1 Å². The van der Waals surface area contributed by atoms with Crippen LogP contribution in [0.5, 0.6) is 0 Å². The van der Waals surface area contributed by atoms with E-state index in [1.165, 1.54) is 11.8 Å². The lowest BCUT2D eigenvalue weighted by Gasteiger charge is -2.27. The highest BCUT2D eigenvalue weighted by Gasteiger charge is 2.21. The van der Waals surface area contributed by atoms with Gasteiger partial charge < -0.3 is 15.5 Å². The van der Waals surface area contributed by atoms with E-state index in [2.05, 4.69) is 37.6 Å². The summed E-state index contributed by atoms with van der Waals surface area (Å²) in [4.78, 5) is 9.05. The van der Waals surface area contributed by atoms with Gasteiger partial charge in [-0.2, -0.15) is 0 Å². The maximum Gasteiger partial charge on any atom is 0.270 e. The van der Waals surface area contributed by atoms with Crippen LogP contribution in [0, 0.1) is 0 Å². The summed E-state index contributed by atoms with van der Waals surface area (Å²) in [6.07, 6.45) is 1.52. The highest BCUT2D eigenvalue weighted by atomic mass is 32.2. The number of sulfone groups is 1. The van der Waals surface area contributed by atoms with Crippen LogP contribution in [0.4, 0.5) is 5.82 Å². The number of hydrogen-bond acceptors (Lipinski definition) is 9. The van der Waals surface area contributed by atoms with Gasteiger partial charge in [0, 0.05) is 30.1 Å². The Labute approximate surface area is 197 Å². The van der Waals surface area contributed by atoms with Crippen LogP contribution in [0.1, 0.15) is 25.3 Å². The molecule has 9 nitrogen and oxygen atoms in total. The van der Waals surface area contributed by atoms with E-state index >= 15 is 0 Å². The van der Waals surface area contributed by atoms with Crippen LogP contribution in [0.25, 0.3) is 34.3 Å². The van der Waals surface area contributed by atoms with Crippen LogP contribution in [0.15, 0.2) is 64.0 Å². The average Bonchev–Trinajstić information content (AvgIpc) is 3.29. The Kier molecular flexibility index (Phi) is 5.62. The fraction of sp³-hybridized carbons (Fsp3) is 0.250. The first-order valence-corrected chi connectivity index (χ1v) is 12.5. The van der Waals surface area contributed by atoms with Crippen LogP contribution in [0.3, 0.4) is 0 Å². The van der Waals surface area contributed by atoms with Crippen molar-refractivity contribution in [3.63, 3.8) is 0 Å². The molecule has 3 heterocycles. The van der Waals surface area contributed by atoms with Crippen molar-refractivity contribution in [1.82, 2.24) is 25.5 Å². The van der Waals surface area contributed by atoms with E-state index in [0.717, 1.165) is 18.7 Å². The lowest BCUT2D eigenvalue weighted by atomic mass is 9.93. The van der Waals surface area contributed by atoms with Crippen molar-refractivity contribution in [2.75, 3.05) is 18.8 Å². The summed E-state index contributed by atoms with van der Waals surface area (Å²) in [6.45, 7) is 5.29. The zero-order valence-corrected chi connectivity index (χ0v) is 19.6. The molecule has 34 heavy (non-hydrogen) atoms. The van der Waals surface area contributed by atoms with Crippen LogP contribution >= 0.6 is 0 Å². The zero-order chi connectivity index (χ0) is 23.9. The van der Waals surface area contributed by atoms with Crippen LogP contribution in [-0.2, 0) is 9.84 Å². The van der Waals surface area contributed by atoms with Crippen molar-refractivity contribution in [3.05, 3.63) is 60.3 Å². The molecule has 1 aliphatic rings. The first-order chi connectivity index (χ1) is 16.3. The number of rotatable bonds is 6. The van der Waals surface area contributed by atoms with Crippen molar-refractivity contribution >= 4 is 15.7 Å². The predicted octanol–water partition coefficient (Wildman–Crippen LogP) is 3.31. The quantitative estimate of drug-likeness (QED) is 0.429. The number of nitrogen functional groups attached to an aromatic ring is 1. The molecule has 0 amide bonds. The van der Waals surface area contributed by atoms with Gasteiger partial charge >= 0.3 is 0 Å². The van der Waals surface area contributed by atoms with Crippen molar-refractivity contribution in [2.45, 2.75) is 29.9 Å². The number of nitrogens with two attached hydrogens (primary N) is 1. The normalized spacial score (nSPS) is 14.3. The summed E-state index contributed by atoms with van der Waals surface area (Å²) in [5, 5.41) is 11.0. The highest BCUT2D eigenvalue weighted by Crippen LogP contribution is 2.29. The summed E-state index contributed by atoms with van der Waals surface area (Å²) in [5.41, 5.74) is 9.60. The minimum absolute atomic E-state index is 0.158. The van der Waals surface area contributed by atoms with E-state index in [1.807, 2.05) is 12.1 Å². The molecular formula is C24H24N6O3S. The van der Waals surface area contributed by atoms with Gasteiger partial charge in [0.2, 0.25) is 5.89 Å². The van der Waals surface area contributed by atoms with E-state index in [9.17, 15) is 8.42 Å². The third-order valence-electron chi connectivity index (χ3n) is 5.94. The van der Waals surface area contributed by atoms with Crippen molar-refractivity contribution in [1.29, 1.82) is 0 Å². The standard InChI is InChI=1S/C24H24N6O3S/c1-14(2)34(31,32)19-9-7-16(8-10-19)20-13-27-22(25)21(28-20)24-30-29-23(33-24)17-5-3-15(4-6-17)18-11-26-12-18/h3-10,13-14,18,26H,11-12H2,1-2H3,(H2,25,27). The van der Waals surface area contributed by atoms with E-state index in [4.69, 9.17) is 10.2 Å². The number of hydrogen-bond donors (Lipinski definition) is 2. The minimum Gasteiger partial charge on any atom is -0.414 e. The van der Waals surface area contributed by atoms with Crippen LogP contribution in [-0.4, -0.2) is 46.9 Å². The molecule has 1 aliphatic heterocycles. The van der Waals surface area contributed by atoms with Gasteiger partial charge in [0.1, 0.15) is 0 Å². The molecule has 0 aliphatic carbocycles. The van der Waals surface area contributed by atoms with Gasteiger partial charge in [-0.25, -0.2) is 18.4 Å². The minimum atomic E-state index is -3.36. The van der Waals surface area contributed by atoms with Crippen molar-refractivity contribution < 1.29 is 12.8 Å². The molecule has 0 saturated carbocycles. The SMILES string of the molecule is CC(C)S(=O)(=O)c1ccc(-c2cnc(N)c(-c3nnc(-c4ccc(C5CNC5)cc4)o3)n2)cc1. The Bertz CT molecular complexity index is 1430. The van der Waals surface area contributed by atoms with Gasteiger partial charge in [0.05, 0.1) is 22.0 Å². The van der Waals surface area contributed by atoms with Crippen molar-refractivity contribution in [2.24, 2.45) is 0 Å². The molecule has 2 aromatic heterocycles. The van der Waals surface area contributed by atoms with Crippen LogP contribution < -0.4 is 11.1 Å². The topological polar surface area (TPSA) is 137 Å². The first kappa shape index (κ1) is 22.2. The first-order valence-electron chi connectivity index (χ1n) is 10.9. The molecule has 0 spiro atoms. The van der Waals surface area contributed by atoms with Gasteiger partial charge in [-0.1, -0.05) is 24.3 Å². The number of aromatic nitrogens is 4. The molecule has 2 aromatic carbocycles. The molecule has 0 atom stereocenters. The molecule has 0 unspecified atom stereocenters. The third-order valence-corrected chi connectivity index (χ3v) is 8.11. The smallest absolute Gasteiger partial charge is 0.270 e. The summed E-state index contributed by atoms with van der Waals surface area (Å²) in [6, 6.07) is 14.6. The molecular weight excluding hydrogens is 452 g/mol. The summed E-state index contributed by atoms with van der Waals surface area (Å²) in [5.74, 6) is 1.23. The second kappa shape index (κ2) is 8.62. The van der Waals surface area contributed by atoms with Gasteiger partial charge in [-0.3, -0.25) is 0 Å². The molecule has 1 fully saturated rings. The van der Waals surface area contributed by atoms with Crippen LogP contribution in [0.2, 0.25) is 0 Å². The Morgan fingerprint density at radius 1 is 0.971 bits per heavy atom. The second-order valence-corrected chi connectivity index (χ2v) is 11.0. The lowest BCUT2D eigenvalue weighted by molar-refractivity contribution is 0.448. The Balaban J connectivity index is 1.42. The fourth-order valence-electron chi connectivity index (χ4n) is 3.64. The van der Waals surface area contributed by atoms with E-state index in [0.29, 0.717) is 23.1 Å². The molecule has 3 N–H and O–H groups in total. The molecule has 10 heteroatoms. The average molecular weight is 477 g/mol. The molecule has 5 rings (SSSR count). The van der Waals surface area contributed by atoms with Gasteiger partial charge in [-0.15, -0.1) is 10.2 Å². The molecule has 174 valence electrons. The van der Waals surface area contributed by atoms with Gasteiger partial charge in [-0.05, 0) is 43.7 Å². The molecule has 0 radical (unpaired) electrons. The molecule has 4 aromatic rings. The zero-order valence-electron chi connectivity index (χ0n) is 18.8. The number of anilines is 1. The Morgan fingerprint density at radius 2 is 1.62 bits per heavy atom. The number of nitrogens with one attached hydrogen (secondary N) is 1. The Morgan fingerprint density at radius 3 is 2.24 bits per heavy atom. The number of nitrogens with zero attached hydrogens (tertiary/aromatic N) is 4. The maximum absolute atomic E-state index is 12.4. The fourth-order valence-corrected chi connectivity index (χ4v) is 4.70. The molecule has 0 bridgehead atoms. The number of benzene rings is 2. The second-order valence-electron chi connectivity index (χ2n) is 8.50. The lowest BCUT2D eigenvalue weighted by Crippen LogP contribution is -2.39. The van der Waals surface area contributed by atoms with E-state index in [1.54, 1.807) is 38.1 Å². The van der Waals surface area contributed by atoms with Gasteiger partial charge in [0.15, 0.2) is 21.3 Å². The largest absolute Gasteiger partial charge is 0.414 e. The Hall–Kier alpha value is -3.63. The monoisotopic (exact) mass is 476 g/mol.